The Morgan fingerprint density at radius 1 is 1.09 bits per heavy atom. The first kappa shape index (κ1) is 15.2. The lowest BCUT2D eigenvalue weighted by Gasteiger charge is -2.21. The third-order valence-electron chi connectivity index (χ3n) is 4.41. The van der Waals surface area contributed by atoms with Crippen LogP contribution >= 0.6 is 0 Å². The molecule has 0 radical (unpaired) electrons. The zero-order valence-corrected chi connectivity index (χ0v) is 13.3. The summed E-state index contributed by atoms with van der Waals surface area (Å²) in [5.74, 6) is -0.249. The molecule has 2 aromatic rings. The van der Waals surface area contributed by atoms with Crippen LogP contribution in [0.3, 0.4) is 0 Å². The SMILES string of the molecule is C/C(=N\OC=O)C(=O)c1ccc2c(c1)C(C)(C)c1ccccc1-2. The Labute approximate surface area is 134 Å². The molecular formula is C19H17NO3. The highest BCUT2D eigenvalue weighted by Gasteiger charge is 2.35. The molecule has 4 nitrogen and oxygen atoms in total. The van der Waals surface area contributed by atoms with Crippen molar-refractivity contribution in [3.05, 3.63) is 59.2 Å². The first-order valence-corrected chi connectivity index (χ1v) is 7.40. The molecular weight excluding hydrogens is 290 g/mol. The quantitative estimate of drug-likeness (QED) is 0.284. The van der Waals surface area contributed by atoms with Gasteiger partial charge in [0.15, 0.2) is 0 Å². The van der Waals surface area contributed by atoms with Crippen molar-refractivity contribution in [2.75, 3.05) is 0 Å². The molecule has 2 aromatic carbocycles. The number of nitrogens with zero attached hydrogens (tertiary/aromatic N) is 1. The zero-order valence-electron chi connectivity index (χ0n) is 13.3. The average Bonchev–Trinajstić information content (AvgIpc) is 2.80. The molecule has 0 aromatic heterocycles. The van der Waals surface area contributed by atoms with E-state index >= 15 is 0 Å². The van der Waals surface area contributed by atoms with Gasteiger partial charge < -0.3 is 4.84 Å². The van der Waals surface area contributed by atoms with Crippen LogP contribution < -0.4 is 0 Å². The van der Waals surface area contributed by atoms with Crippen molar-refractivity contribution in [2.24, 2.45) is 5.16 Å². The van der Waals surface area contributed by atoms with E-state index in [0.29, 0.717) is 5.56 Å². The van der Waals surface area contributed by atoms with Gasteiger partial charge in [0.2, 0.25) is 5.78 Å². The van der Waals surface area contributed by atoms with E-state index in [9.17, 15) is 9.59 Å². The molecule has 0 atom stereocenters. The van der Waals surface area contributed by atoms with Crippen molar-refractivity contribution in [1.82, 2.24) is 0 Å². The van der Waals surface area contributed by atoms with Gasteiger partial charge in [-0.2, -0.15) is 0 Å². The summed E-state index contributed by atoms with van der Waals surface area (Å²) in [6.07, 6.45) is 0. The highest BCUT2D eigenvalue weighted by atomic mass is 16.7. The maximum Gasteiger partial charge on any atom is 0.323 e. The number of carbonyl (C=O) groups excluding carboxylic acids is 2. The standard InChI is InChI=1S/C19H17NO3/c1-12(20-23-11-21)18(22)13-8-9-15-14-6-4-5-7-16(14)19(2,3)17(15)10-13/h4-11H,1-3H3/b20-12+. The van der Waals surface area contributed by atoms with Crippen LogP contribution in [-0.2, 0) is 15.0 Å². The van der Waals surface area contributed by atoms with E-state index < -0.39 is 0 Å². The Balaban J connectivity index is 2.07. The van der Waals surface area contributed by atoms with Crippen molar-refractivity contribution >= 4 is 18.0 Å². The zero-order chi connectivity index (χ0) is 16.6. The number of hydrogen-bond donors (Lipinski definition) is 0. The van der Waals surface area contributed by atoms with E-state index in [2.05, 4.69) is 36.0 Å². The second-order valence-corrected chi connectivity index (χ2v) is 6.14. The number of carbonyl (C=O) groups is 2. The van der Waals surface area contributed by atoms with Gasteiger partial charge in [-0.3, -0.25) is 9.59 Å². The van der Waals surface area contributed by atoms with Crippen LogP contribution in [0.5, 0.6) is 0 Å². The van der Waals surface area contributed by atoms with Gasteiger partial charge in [-0.1, -0.05) is 55.4 Å². The number of Topliss-reactive ketones (excluding diaryl/α,β-unsaturated/α-hetero) is 1. The fourth-order valence-corrected chi connectivity index (χ4v) is 3.20. The topological polar surface area (TPSA) is 55.7 Å². The van der Waals surface area contributed by atoms with Crippen LogP contribution in [0, 0.1) is 0 Å². The van der Waals surface area contributed by atoms with E-state index in [1.54, 1.807) is 6.07 Å². The Hall–Kier alpha value is -2.75. The molecule has 1 aliphatic carbocycles. The molecule has 3 rings (SSSR count). The number of rotatable bonds is 4. The first-order chi connectivity index (χ1) is 11.0. The maximum atomic E-state index is 12.4. The van der Waals surface area contributed by atoms with Crippen LogP contribution in [0.1, 0.15) is 42.3 Å². The highest BCUT2D eigenvalue weighted by Crippen LogP contribution is 2.48. The van der Waals surface area contributed by atoms with Crippen molar-refractivity contribution in [3.63, 3.8) is 0 Å². The number of hydrogen-bond acceptors (Lipinski definition) is 4. The van der Waals surface area contributed by atoms with Gasteiger partial charge in [0, 0.05) is 11.0 Å². The summed E-state index contributed by atoms with van der Waals surface area (Å²) < 4.78 is 0. The van der Waals surface area contributed by atoms with Gasteiger partial charge in [0.05, 0.1) is 0 Å². The summed E-state index contributed by atoms with van der Waals surface area (Å²) >= 11 is 0. The number of benzene rings is 2. The molecule has 0 amide bonds. The van der Waals surface area contributed by atoms with Crippen LogP contribution in [-0.4, -0.2) is 18.0 Å². The predicted octanol–water partition coefficient (Wildman–Crippen LogP) is 3.72. The van der Waals surface area contributed by atoms with Gasteiger partial charge in [0.25, 0.3) is 0 Å². The number of ketones is 1. The molecule has 116 valence electrons. The third-order valence-corrected chi connectivity index (χ3v) is 4.41. The van der Waals surface area contributed by atoms with Crippen molar-refractivity contribution < 1.29 is 14.4 Å². The van der Waals surface area contributed by atoms with Gasteiger partial charge in [-0.05, 0) is 35.2 Å². The summed E-state index contributed by atoms with van der Waals surface area (Å²) in [5.41, 5.74) is 5.27. The number of fused-ring (bicyclic) bond motifs is 3. The Bertz CT molecular complexity index is 834. The average molecular weight is 307 g/mol. The Morgan fingerprint density at radius 3 is 2.52 bits per heavy atom. The minimum absolute atomic E-state index is 0.144. The van der Waals surface area contributed by atoms with Crippen molar-refractivity contribution in [1.29, 1.82) is 0 Å². The second-order valence-electron chi connectivity index (χ2n) is 6.14. The molecule has 1 aliphatic rings. The monoisotopic (exact) mass is 307 g/mol. The molecule has 0 bridgehead atoms. The predicted molar refractivity (Wildman–Crippen MR) is 88.6 cm³/mol. The molecule has 0 fully saturated rings. The van der Waals surface area contributed by atoms with Gasteiger partial charge >= 0.3 is 6.47 Å². The summed E-state index contributed by atoms with van der Waals surface area (Å²) in [5, 5.41) is 3.49. The van der Waals surface area contributed by atoms with Gasteiger partial charge in [-0.25, -0.2) is 0 Å². The summed E-state index contributed by atoms with van der Waals surface area (Å²) in [6.45, 7) is 6.03. The summed E-state index contributed by atoms with van der Waals surface area (Å²) in [4.78, 5) is 26.9. The summed E-state index contributed by atoms with van der Waals surface area (Å²) in [7, 11) is 0. The minimum atomic E-state index is -0.249. The summed E-state index contributed by atoms with van der Waals surface area (Å²) in [6, 6.07) is 14.0. The fraction of sp³-hybridized carbons (Fsp3) is 0.211. The van der Waals surface area contributed by atoms with E-state index in [1.165, 1.54) is 18.1 Å². The molecule has 0 spiro atoms. The van der Waals surface area contributed by atoms with E-state index in [0.717, 1.165) is 11.1 Å². The van der Waals surface area contributed by atoms with Gasteiger partial charge in [-0.15, -0.1) is 0 Å². The molecule has 0 saturated heterocycles. The van der Waals surface area contributed by atoms with Crippen LogP contribution in [0.2, 0.25) is 0 Å². The third kappa shape index (κ3) is 2.36. The van der Waals surface area contributed by atoms with Crippen molar-refractivity contribution in [2.45, 2.75) is 26.2 Å². The van der Waals surface area contributed by atoms with Gasteiger partial charge in [0.1, 0.15) is 5.71 Å². The van der Waals surface area contributed by atoms with Crippen molar-refractivity contribution in [3.8, 4) is 11.1 Å². The van der Waals surface area contributed by atoms with E-state index in [4.69, 9.17) is 0 Å². The van der Waals surface area contributed by atoms with E-state index in [1.807, 2.05) is 24.3 Å². The first-order valence-electron chi connectivity index (χ1n) is 7.40. The number of oxime groups is 1. The maximum absolute atomic E-state index is 12.4. The molecule has 23 heavy (non-hydrogen) atoms. The smallest absolute Gasteiger partial charge is 0.321 e. The lowest BCUT2D eigenvalue weighted by Crippen LogP contribution is -2.17. The molecule has 4 heteroatoms. The largest absolute Gasteiger partial charge is 0.323 e. The molecule has 0 aliphatic heterocycles. The lowest BCUT2D eigenvalue weighted by atomic mass is 9.81. The van der Waals surface area contributed by atoms with Crippen LogP contribution in [0.25, 0.3) is 11.1 Å². The Kier molecular flexibility index (Phi) is 3.60. The Morgan fingerprint density at radius 2 is 1.78 bits per heavy atom. The highest BCUT2D eigenvalue weighted by molar-refractivity contribution is 6.45. The molecule has 0 N–H and O–H groups in total. The fourth-order valence-electron chi connectivity index (χ4n) is 3.20. The second kappa shape index (κ2) is 5.47. The van der Waals surface area contributed by atoms with Crippen LogP contribution in [0.15, 0.2) is 47.6 Å². The van der Waals surface area contributed by atoms with Crippen LogP contribution in [0.4, 0.5) is 0 Å². The lowest BCUT2D eigenvalue weighted by molar-refractivity contribution is -0.128. The van der Waals surface area contributed by atoms with E-state index in [-0.39, 0.29) is 23.4 Å². The molecule has 0 saturated carbocycles. The minimum Gasteiger partial charge on any atom is -0.321 e. The molecule has 0 unspecified atom stereocenters. The normalized spacial score (nSPS) is 14.8. The molecule has 0 heterocycles.